The zero-order valence-electron chi connectivity index (χ0n) is 18.2. The molecule has 4 rings (SSSR count). The molecule has 0 atom stereocenters. The standard InChI is InChI=1S/C25H24FN5O/c1-16(2)19-9-7-18(8-10-19)15-28-25(32)23-24(22-6-4-5-13-27-22)31(30-29-23)20-11-12-21(26)17(3)14-20/h4-14,16H,15H2,1-3H3,(H,28,32). The molecule has 0 spiro atoms. The Bertz CT molecular complexity index is 1230. The maximum atomic E-state index is 13.8. The molecule has 162 valence electrons. The van der Waals surface area contributed by atoms with Gasteiger partial charge in [-0.25, -0.2) is 9.07 Å². The molecule has 0 fully saturated rings. The second kappa shape index (κ2) is 9.09. The average Bonchev–Trinajstić information content (AvgIpc) is 3.25. The van der Waals surface area contributed by atoms with Gasteiger partial charge < -0.3 is 5.32 Å². The molecule has 0 aliphatic heterocycles. The Hall–Kier alpha value is -3.87. The summed E-state index contributed by atoms with van der Waals surface area (Å²) in [6.45, 7) is 6.32. The van der Waals surface area contributed by atoms with E-state index in [9.17, 15) is 9.18 Å². The van der Waals surface area contributed by atoms with Crippen LogP contribution in [0.4, 0.5) is 4.39 Å². The first-order chi connectivity index (χ1) is 15.4. The first kappa shape index (κ1) is 21.4. The third-order valence-electron chi connectivity index (χ3n) is 5.28. The highest BCUT2D eigenvalue weighted by molar-refractivity contribution is 5.97. The SMILES string of the molecule is Cc1cc(-n2nnc(C(=O)NCc3ccc(C(C)C)cc3)c2-c2ccccn2)ccc1F. The van der Waals surface area contributed by atoms with E-state index in [-0.39, 0.29) is 17.4 Å². The minimum absolute atomic E-state index is 0.157. The van der Waals surface area contributed by atoms with Crippen LogP contribution in [-0.2, 0) is 6.54 Å². The minimum atomic E-state index is -0.358. The van der Waals surface area contributed by atoms with E-state index in [4.69, 9.17) is 0 Å². The molecule has 4 aromatic rings. The summed E-state index contributed by atoms with van der Waals surface area (Å²) in [6, 6.07) is 18.2. The molecular weight excluding hydrogens is 405 g/mol. The average molecular weight is 429 g/mol. The second-order valence-corrected chi connectivity index (χ2v) is 7.93. The van der Waals surface area contributed by atoms with Crippen molar-refractivity contribution < 1.29 is 9.18 Å². The molecule has 6 nitrogen and oxygen atoms in total. The summed E-state index contributed by atoms with van der Waals surface area (Å²) in [5, 5.41) is 11.2. The Balaban J connectivity index is 1.65. The number of amides is 1. The number of rotatable bonds is 6. The summed E-state index contributed by atoms with van der Waals surface area (Å²) < 4.78 is 15.3. The van der Waals surface area contributed by atoms with Crippen LogP contribution in [0.2, 0.25) is 0 Å². The van der Waals surface area contributed by atoms with Gasteiger partial charge in [0.05, 0.1) is 11.4 Å². The monoisotopic (exact) mass is 429 g/mol. The normalized spacial score (nSPS) is 11.0. The molecule has 0 bridgehead atoms. The molecule has 0 saturated heterocycles. The van der Waals surface area contributed by atoms with Crippen LogP contribution >= 0.6 is 0 Å². The molecular formula is C25H24FN5O. The predicted octanol–water partition coefficient (Wildman–Crippen LogP) is 4.83. The lowest BCUT2D eigenvalue weighted by Gasteiger charge is -2.10. The van der Waals surface area contributed by atoms with E-state index in [1.54, 1.807) is 37.4 Å². The van der Waals surface area contributed by atoms with E-state index in [0.29, 0.717) is 35.1 Å². The van der Waals surface area contributed by atoms with Crippen molar-refractivity contribution in [3.8, 4) is 17.1 Å². The maximum Gasteiger partial charge on any atom is 0.274 e. The molecule has 2 aromatic carbocycles. The van der Waals surface area contributed by atoms with Crippen molar-refractivity contribution in [2.24, 2.45) is 0 Å². The van der Waals surface area contributed by atoms with Crippen molar-refractivity contribution in [2.75, 3.05) is 0 Å². The molecule has 32 heavy (non-hydrogen) atoms. The largest absolute Gasteiger partial charge is 0.346 e. The third kappa shape index (κ3) is 4.42. The number of aromatic nitrogens is 4. The number of hydrogen-bond donors (Lipinski definition) is 1. The summed E-state index contributed by atoms with van der Waals surface area (Å²) in [7, 11) is 0. The molecule has 2 heterocycles. The molecule has 1 amide bonds. The second-order valence-electron chi connectivity index (χ2n) is 7.93. The van der Waals surface area contributed by atoms with Crippen molar-refractivity contribution in [1.29, 1.82) is 0 Å². The summed E-state index contributed by atoms with van der Waals surface area (Å²) in [4.78, 5) is 17.4. The number of carbonyl (C=O) groups is 1. The molecule has 2 aromatic heterocycles. The first-order valence-electron chi connectivity index (χ1n) is 10.4. The molecule has 1 N–H and O–H groups in total. The number of nitrogens with zero attached hydrogens (tertiary/aromatic N) is 4. The maximum absolute atomic E-state index is 13.8. The van der Waals surface area contributed by atoms with Gasteiger partial charge in [0.2, 0.25) is 0 Å². The molecule has 0 aliphatic rings. The van der Waals surface area contributed by atoms with E-state index in [2.05, 4.69) is 46.6 Å². The smallest absolute Gasteiger partial charge is 0.274 e. The molecule has 0 unspecified atom stereocenters. The van der Waals surface area contributed by atoms with Gasteiger partial charge in [0, 0.05) is 12.7 Å². The number of hydrogen-bond acceptors (Lipinski definition) is 4. The van der Waals surface area contributed by atoms with Gasteiger partial charge >= 0.3 is 0 Å². The Kier molecular flexibility index (Phi) is 6.07. The molecule has 0 aliphatic carbocycles. The van der Waals surface area contributed by atoms with Crippen LogP contribution in [0.5, 0.6) is 0 Å². The summed E-state index contributed by atoms with van der Waals surface area (Å²) in [6.07, 6.45) is 1.64. The quantitative estimate of drug-likeness (QED) is 0.476. The van der Waals surface area contributed by atoms with Gasteiger partial charge in [0.25, 0.3) is 5.91 Å². The van der Waals surface area contributed by atoms with Gasteiger partial charge in [0.15, 0.2) is 5.69 Å². The van der Waals surface area contributed by atoms with Gasteiger partial charge in [-0.15, -0.1) is 5.10 Å². The minimum Gasteiger partial charge on any atom is -0.346 e. The van der Waals surface area contributed by atoms with Crippen molar-refractivity contribution >= 4 is 5.91 Å². The molecule has 7 heteroatoms. The lowest BCUT2D eigenvalue weighted by molar-refractivity contribution is 0.0946. The van der Waals surface area contributed by atoms with Gasteiger partial charge in [-0.3, -0.25) is 9.78 Å². The highest BCUT2D eigenvalue weighted by atomic mass is 19.1. The van der Waals surface area contributed by atoms with E-state index in [0.717, 1.165) is 5.56 Å². The van der Waals surface area contributed by atoms with Crippen molar-refractivity contribution in [2.45, 2.75) is 33.2 Å². The van der Waals surface area contributed by atoms with Crippen molar-refractivity contribution in [3.05, 3.63) is 95.1 Å². The van der Waals surface area contributed by atoms with E-state index in [1.165, 1.54) is 16.3 Å². The third-order valence-corrected chi connectivity index (χ3v) is 5.28. The Labute approximate surface area is 186 Å². The van der Waals surface area contributed by atoms with E-state index >= 15 is 0 Å². The molecule has 0 saturated carbocycles. The van der Waals surface area contributed by atoms with Crippen LogP contribution in [0, 0.1) is 12.7 Å². The fourth-order valence-corrected chi connectivity index (χ4v) is 3.40. The number of pyridine rings is 1. The highest BCUT2D eigenvalue weighted by Crippen LogP contribution is 2.24. The van der Waals surface area contributed by atoms with Gasteiger partial charge in [-0.2, -0.15) is 0 Å². The van der Waals surface area contributed by atoms with Crippen LogP contribution in [0.15, 0.2) is 66.9 Å². The fraction of sp³-hybridized carbons (Fsp3) is 0.200. The van der Waals surface area contributed by atoms with Gasteiger partial charge in [-0.1, -0.05) is 49.4 Å². The topological polar surface area (TPSA) is 72.7 Å². The van der Waals surface area contributed by atoms with Gasteiger partial charge in [0.1, 0.15) is 11.5 Å². The van der Waals surface area contributed by atoms with Crippen LogP contribution in [0.3, 0.4) is 0 Å². The Morgan fingerprint density at radius 2 is 1.88 bits per heavy atom. The predicted molar refractivity (Wildman–Crippen MR) is 121 cm³/mol. The number of aryl methyl sites for hydroxylation is 1. The summed E-state index contributed by atoms with van der Waals surface area (Å²) >= 11 is 0. The van der Waals surface area contributed by atoms with E-state index in [1.807, 2.05) is 18.2 Å². The van der Waals surface area contributed by atoms with Crippen LogP contribution < -0.4 is 5.32 Å². The van der Waals surface area contributed by atoms with E-state index < -0.39 is 0 Å². The lowest BCUT2D eigenvalue weighted by atomic mass is 10.0. The number of nitrogens with one attached hydrogen (secondary N) is 1. The van der Waals surface area contributed by atoms with Crippen LogP contribution in [0.25, 0.3) is 17.1 Å². The number of carbonyl (C=O) groups excluding carboxylic acids is 1. The van der Waals surface area contributed by atoms with Crippen molar-refractivity contribution in [3.63, 3.8) is 0 Å². The highest BCUT2D eigenvalue weighted by Gasteiger charge is 2.23. The first-order valence-corrected chi connectivity index (χ1v) is 10.4. The molecule has 0 radical (unpaired) electrons. The number of benzene rings is 2. The van der Waals surface area contributed by atoms with Crippen LogP contribution in [0.1, 0.15) is 46.9 Å². The Morgan fingerprint density at radius 3 is 2.53 bits per heavy atom. The summed E-state index contributed by atoms with van der Waals surface area (Å²) in [5.41, 5.74) is 4.46. The zero-order valence-corrected chi connectivity index (χ0v) is 18.2. The number of halogens is 1. The lowest BCUT2D eigenvalue weighted by Crippen LogP contribution is -2.24. The van der Waals surface area contributed by atoms with Gasteiger partial charge in [-0.05, 0) is 59.9 Å². The fourth-order valence-electron chi connectivity index (χ4n) is 3.40. The van der Waals surface area contributed by atoms with Crippen molar-refractivity contribution in [1.82, 2.24) is 25.3 Å². The Morgan fingerprint density at radius 1 is 1.09 bits per heavy atom. The van der Waals surface area contributed by atoms with Crippen LogP contribution in [-0.4, -0.2) is 25.9 Å². The summed E-state index contributed by atoms with van der Waals surface area (Å²) in [5.74, 6) is -0.219. The zero-order chi connectivity index (χ0) is 22.7.